The Kier molecular flexibility index (Phi) is 9.26. The molecule has 1 aromatic rings. The highest BCUT2D eigenvalue weighted by molar-refractivity contribution is 7.79. The van der Waals surface area contributed by atoms with Gasteiger partial charge in [0.25, 0.3) is 0 Å². The molecule has 0 amide bonds. The number of rotatable bonds is 6. The first-order valence-corrected chi connectivity index (χ1v) is 7.21. The van der Waals surface area contributed by atoms with E-state index in [2.05, 4.69) is 6.92 Å². The van der Waals surface area contributed by atoms with Crippen LogP contribution in [-0.2, 0) is 10.4 Å². The number of hydrogen-bond donors (Lipinski definition) is 2. The van der Waals surface area contributed by atoms with E-state index < -0.39 is 10.4 Å². The molecule has 1 aromatic carbocycles. The molecule has 0 spiro atoms. The molecular formula is C12H20O5S. The lowest BCUT2D eigenvalue weighted by Gasteiger charge is -2.04. The monoisotopic (exact) mass is 276 g/mol. The third-order valence-electron chi connectivity index (χ3n) is 2.01. The highest BCUT2D eigenvalue weighted by atomic mass is 32.3. The van der Waals surface area contributed by atoms with E-state index in [1.54, 1.807) is 0 Å². The van der Waals surface area contributed by atoms with Gasteiger partial charge in [-0.25, -0.2) is 0 Å². The number of para-hydroxylation sites is 1. The molecule has 1 rings (SSSR count). The van der Waals surface area contributed by atoms with Gasteiger partial charge in [0.15, 0.2) is 0 Å². The van der Waals surface area contributed by atoms with Gasteiger partial charge in [0.1, 0.15) is 5.75 Å². The fourth-order valence-corrected chi connectivity index (χ4v) is 1.24. The summed E-state index contributed by atoms with van der Waals surface area (Å²) in [6, 6.07) is 10.0. The van der Waals surface area contributed by atoms with Gasteiger partial charge >= 0.3 is 10.4 Å². The lowest BCUT2D eigenvalue weighted by molar-refractivity contribution is 0.305. The molecule has 0 saturated heterocycles. The number of unbranched alkanes of at least 4 members (excludes halogenated alkanes) is 3. The summed E-state index contributed by atoms with van der Waals surface area (Å²) in [5.74, 6) is 0.985. The maximum atomic E-state index is 8.74. The van der Waals surface area contributed by atoms with Gasteiger partial charge in [-0.1, -0.05) is 44.4 Å². The Morgan fingerprint density at radius 2 is 1.61 bits per heavy atom. The van der Waals surface area contributed by atoms with Crippen molar-refractivity contribution in [3.05, 3.63) is 30.3 Å². The summed E-state index contributed by atoms with van der Waals surface area (Å²) in [6.45, 7) is 3.07. The Labute approximate surface area is 108 Å². The molecule has 0 saturated carbocycles. The van der Waals surface area contributed by atoms with Gasteiger partial charge in [-0.3, -0.25) is 9.11 Å². The standard InChI is InChI=1S/C12H18O.H2O4S/c1-2-3-4-8-11-13-12-9-6-5-7-10-12;1-5(2,3)4/h5-7,9-10H,2-4,8,11H2,1H3;(H2,1,2,3,4). The van der Waals surface area contributed by atoms with E-state index >= 15 is 0 Å². The van der Waals surface area contributed by atoms with Crippen LogP contribution >= 0.6 is 0 Å². The van der Waals surface area contributed by atoms with Crippen LogP contribution in [0.15, 0.2) is 30.3 Å². The maximum Gasteiger partial charge on any atom is 0.394 e. The van der Waals surface area contributed by atoms with Gasteiger partial charge in [-0.15, -0.1) is 0 Å². The molecule has 0 bridgehead atoms. The second kappa shape index (κ2) is 9.87. The maximum absolute atomic E-state index is 8.74. The summed E-state index contributed by atoms with van der Waals surface area (Å²) >= 11 is 0. The summed E-state index contributed by atoms with van der Waals surface area (Å²) in [6.07, 6.45) is 5.05. The second-order valence-corrected chi connectivity index (χ2v) is 4.57. The molecule has 6 heteroatoms. The van der Waals surface area contributed by atoms with Crippen molar-refractivity contribution >= 4 is 10.4 Å². The van der Waals surface area contributed by atoms with E-state index in [-0.39, 0.29) is 0 Å². The summed E-state index contributed by atoms with van der Waals surface area (Å²) < 4.78 is 37.1. The van der Waals surface area contributed by atoms with Gasteiger partial charge in [-0.05, 0) is 18.6 Å². The zero-order chi connectivity index (χ0) is 13.9. The minimum atomic E-state index is -4.67. The van der Waals surface area contributed by atoms with Crippen molar-refractivity contribution in [2.75, 3.05) is 6.61 Å². The van der Waals surface area contributed by atoms with Crippen molar-refractivity contribution in [1.29, 1.82) is 0 Å². The molecule has 0 atom stereocenters. The fraction of sp³-hybridized carbons (Fsp3) is 0.500. The first-order chi connectivity index (χ1) is 8.43. The van der Waals surface area contributed by atoms with Gasteiger partial charge in [-0.2, -0.15) is 8.42 Å². The van der Waals surface area contributed by atoms with Crippen LogP contribution in [0.1, 0.15) is 32.6 Å². The summed E-state index contributed by atoms with van der Waals surface area (Å²) in [4.78, 5) is 0. The Morgan fingerprint density at radius 3 is 2.11 bits per heavy atom. The highest BCUT2D eigenvalue weighted by Crippen LogP contribution is 2.09. The van der Waals surface area contributed by atoms with Gasteiger partial charge in [0, 0.05) is 0 Å². The topological polar surface area (TPSA) is 83.8 Å². The van der Waals surface area contributed by atoms with E-state index in [1.165, 1.54) is 25.7 Å². The van der Waals surface area contributed by atoms with Crippen LogP contribution in [0.3, 0.4) is 0 Å². The zero-order valence-corrected chi connectivity index (χ0v) is 11.3. The minimum absolute atomic E-state index is 0.851. The molecule has 5 nitrogen and oxygen atoms in total. The van der Waals surface area contributed by atoms with Crippen molar-refractivity contribution in [3.8, 4) is 5.75 Å². The lowest BCUT2D eigenvalue weighted by Crippen LogP contribution is -1.96. The molecule has 0 fully saturated rings. The Morgan fingerprint density at radius 1 is 1.06 bits per heavy atom. The molecule has 0 aliphatic carbocycles. The number of ether oxygens (including phenoxy) is 1. The normalized spacial score (nSPS) is 10.4. The molecule has 0 heterocycles. The highest BCUT2D eigenvalue weighted by Gasteiger charge is 1.91. The van der Waals surface area contributed by atoms with Crippen LogP contribution in [0.5, 0.6) is 5.75 Å². The van der Waals surface area contributed by atoms with E-state index in [4.69, 9.17) is 22.3 Å². The molecule has 18 heavy (non-hydrogen) atoms. The second-order valence-electron chi connectivity index (χ2n) is 3.67. The molecule has 2 N–H and O–H groups in total. The number of hydrogen-bond acceptors (Lipinski definition) is 3. The van der Waals surface area contributed by atoms with Crippen molar-refractivity contribution in [2.24, 2.45) is 0 Å². The lowest BCUT2D eigenvalue weighted by atomic mass is 10.2. The SMILES string of the molecule is CCCCCCOc1ccccc1.O=S(=O)(O)O. The van der Waals surface area contributed by atoms with Crippen molar-refractivity contribution in [2.45, 2.75) is 32.6 Å². The van der Waals surface area contributed by atoms with Crippen LogP contribution in [0.4, 0.5) is 0 Å². The molecular weight excluding hydrogens is 256 g/mol. The van der Waals surface area contributed by atoms with E-state index in [0.717, 1.165) is 12.4 Å². The predicted octanol–water partition coefficient (Wildman–Crippen LogP) is 2.99. The molecule has 0 aliphatic rings. The Hall–Kier alpha value is -1.11. The van der Waals surface area contributed by atoms with Crippen LogP contribution in [0, 0.1) is 0 Å². The van der Waals surface area contributed by atoms with Crippen molar-refractivity contribution < 1.29 is 22.3 Å². The summed E-state index contributed by atoms with van der Waals surface area (Å²) in [5.41, 5.74) is 0. The quantitative estimate of drug-likeness (QED) is 0.616. The molecule has 0 aromatic heterocycles. The average molecular weight is 276 g/mol. The molecule has 0 aliphatic heterocycles. The van der Waals surface area contributed by atoms with E-state index in [1.807, 2.05) is 30.3 Å². The van der Waals surface area contributed by atoms with Gasteiger partial charge in [0.2, 0.25) is 0 Å². The van der Waals surface area contributed by atoms with Crippen LogP contribution in [0.2, 0.25) is 0 Å². The molecule has 104 valence electrons. The smallest absolute Gasteiger partial charge is 0.394 e. The molecule has 0 unspecified atom stereocenters. The van der Waals surface area contributed by atoms with Gasteiger partial charge in [0.05, 0.1) is 6.61 Å². The third-order valence-corrected chi connectivity index (χ3v) is 2.01. The predicted molar refractivity (Wildman–Crippen MR) is 70.3 cm³/mol. The van der Waals surface area contributed by atoms with Crippen molar-refractivity contribution in [1.82, 2.24) is 0 Å². The van der Waals surface area contributed by atoms with Crippen LogP contribution in [0.25, 0.3) is 0 Å². The van der Waals surface area contributed by atoms with Crippen LogP contribution in [-0.4, -0.2) is 24.1 Å². The summed E-state index contributed by atoms with van der Waals surface area (Å²) in [5, 5.41) is 0. The fourth-order valence-electron chi connectivity index (χ4n) is 1.24. The Balaban J connectivity index is 0.000000494. The van der Waals surface area contributed by atoms with E-state index in [0.29, 0.717) is 0 Å². The Bertz CT molecular complexity index is 380. The zero-order valence-electron chi connectivity index (χ0n) is 10.4. The van der Waals surface area contributed by atoms with Crippen molar-refractivity contribution in [3.63, 3.8) is 0 Å². The number of benzene rings is 1. The van der Waals surface area contributed by atoms with Crippen LogP contribution < -0.4 is 4.74 Å². The first kappa shape index (κ1) is 16.9. The van der Waals surface area contributed by atoms with E-state index in [9.17, 15) is 0 Å². The average Bonchev–Trinajstić information content (AvgIpc) is 2.28. The first-order valence-electron chi connectivity index (χ1n) is 5.81. The minimum Gasteiger partial charge on any atom is -0.494 e. The molecule has 0 radical (unpaired) electrons. The van der Waals surface area contributed by atoms with Gasteiger partial charge < -0.3 is 4.74 Å². The summed E-state index contributed by atoms with van der Waals surface area (Å²) in [7, 11) is -4.67. The largest absolute Gasteiger partial charge is 0.494 e. The third kappa shape index (κ3) is 14.9.